The Kier molecular flexibility index (Phi) is 5.28. The van der Waals surface area contributed by atoms with Crippen molar-refractivity contribution in [1.29, 1.82) is 0 Å². The van der Waals surface area contributed by atoms with Gasteiger partial charge in [-0.2, -0.15) is 5.10 Å². The number of H-pyrrole nitrogens is 1. The van der Waals surface area contributed by atoms with Crippen molar-refractivity contribution in [3.63, 3.8) is 0 Å². The van der Waals surface area contributed by atoms with E-state index in [-0.39, 0.29) is 17.7 Å². The molecule has 2 N–H and O–H groups in total. The molecule has 152 valence electrons. The van der Waals surface area contributed by atoms with Gasteiger partial charge in [0.2, 0.25) is 0 Å². The van der Waals surface area contributed by atoms with E-state index in [1.807, 2.05) is 13.1 Å². The zero-order valence-corrected chi connectivity index (χ0v) is 17.3. The Morgan fingerprint density at radius 3 is 2.76 bits per heavy atom. The summed E-state index contributed by atoms with van der Waals surface area (Å²) in [6.45, 7) is 4.03. The lowest BCUT2D eigenvalue weighted by Crippen LogP contribution is -2.44. The fourth-order valence-electron chi connectivity index (χ4n) is 4.17. The molecule has 0 radical (unpaired) electrons. The summed E-state index contributed by atoms with van der Waals surface area (Å²) in [6, 6.07) is 11.9. The van der Waals surface area contributed by atoms with Gasteiger partial charge in [0.05, 0.1) is 16.8 Å². The standard InChI is InChI=1S/C23H28N4O2/c1-15-5-4-6-16(11-15)12-20-18-13-19(22(28)14-21(18)25-24-20)23(29)27(3)17-7-9-26(2)10-8-17/h4-6,11,13-14,17,28H,7-10,12H2,1-3H3,(H,24,25). The monoisotopic (exact) mass is 392 g/mol. The lowest BCUT2D eigenvalue weighted by Gasteiger charge is -2.35. The van der Waals surface area contributed by atoms with E-state index in [0.717, 1.165) is 42.5 Å². The van der Waals surface area contributed by atoms with Crippen LogP contribution in [0.2, 0.25) is 0 Å². The van der Waals surface area contributed by atoms with Gasteiger partial charge in [-0.15, -0.1) is 0 Å². The third-order valence-corrected chi connectivity index (χ3v) is 6.00. The number of hydrogen-bond donors (Lipinski definition) is 2. The molecule has 1 aliphatic heterocycles. The number of hydrogen-bond acceptors (Lipinski definition) is 4. The summed E-state index contributed by atoms with van der Waals surface area (Å²) < 4.78 is 0. The maximum atomic E-state index is 13.1. The van der Waals surface area contributed by atoms with Crippen molar-refractivity contribution in [2.45, 2.75) is 32.2 Å². The first-order chi connectivity index (χ1) is 13.9. The number of likely N-dealkylation sites (tertiary alicyclic amines) is 1. The predicted octanol–water partition coefficient (Wildman–Crippen LogP) is 3.33. The van der Waals surface area contributed by atoms with Gasteiger partial charge in [0.25, 0.3) is 5.91 Å². The average Bonchev–Trinajstić information content (AvgIpc) is 3.08. The van der Waals surface area contributed by atoms with E-state index in [1.54, 1.807) is 17.0 Å². The van der Waals surface area contributed by atoms with Crippen molar-refractivity contribution < 1.29 is 9.90 Å². The fraction of sp³-hybridized carbons (Fsp3) is 0.391. The lowest BCUT2D eigenvalue weighted by molar-refractivity contribution is 0.0657. The second kappa shape index (κ2) is 7.87. The summed E-state index contributed by atoms with van der Waals surface area (Å²) >= 11 is 0. The molecule has 0 bridgehead atoms. The molecule has 0 aliphatic carbocycles. The summed E-state index contributed by atoms with van der Waals surface area (Å²) in [4.78, 5) is 17.2. The van der Waals surface area contributed by atoms with Gasteiger partial charge in [-0.3, -0.25) is 9.89 Å². The van der Waals surface area contributed by atoms with E-state index in [0.29, 0.717) is 12.0 Å². The molecule has 1 aromatic heterocycles. The van der Waals surface area contributed by atoms with Crippen LogP contribution in [0.4, 0.5) is 0 Å². The molecule has 0 spiro atoms. The highest BCUT2D eigenvalue weighted by Gasteiger charge is 2.27. The van der Waals surface area contributed by atoms with E-state index in [4.69, 9.17) is 0 Å². The highest BCUT2D eigenvalue weighted by Crippen LogP contribution is 2.29. The molecule has 29 heavy (non-hydrogen) atoms. The molecule has 2 heterocycles. The van der Waals surface area contributed by atoms with Crippen LogP contribution in [0.1, 0.15) is 40.0 Å². The van der Waals surface area contributed by atoms with E-state index in [1.165, 1.54) is 11.1 Å². The Morgan fingerprint density at radius 1 is 1.28 bits per heavy atom. The Hall–Kier alpha value is -2.86. The van der Waals surface area contributed by atoms with Crippen LogP contribution < -0.4 is 0 Å². The molecule has 0 atom stereocenters. The number of aryl methyl sites for hydroxylation is 1. The SMILES string of the molecule is Cc1cccc(Cc2n[nH]c3cc(O)c(C(=O)N(C)C4CCN(C)CC4)cc23)c1. The number of phenolic OH excluding ortho intramolecular Hbond substituents is 1. The third-order valence-electron chi connectivity index (χ3n) is 6.00. The normalized spacial score (nSPS) is 15.7. The molecular formula is C23H28N4O2. The summed E-state index contributed by atoms with van der Waals surface area (Å²) in [5.74, 6) is -0.144. The maximum absolute atomic E-state index is 13.1. The van der Waals surface area contributed by atoms with Crippen LogP contribution in [0, 0.1) is 6.92 Å². The zero-order valence-electron chi connectivity index (χ0n) is 17.3. The van der Waals surface area contributed by atoms with E-state index in [9.17, 15) is 9.90 Å². The Bertz CT molecular complexity index is 1030. The van der Waals surface area contributed by atoms with Crippen molar-refractivity contribution in [2.24, 2.45) is 0 Å². The van der Waals surface area contributed by atoms with E-state index < -0.39 is 0 Å². The molecule has 2 aromatic carbocycles. The number of nitrogens with one attached hydrogen (secondary N) is 1. The van der Waals surface area contributed by atoms with Gasteiger partial charge in [-0.1, -0.05) is 29.8 Å². The Morgan fingerprint density at radius 2 is 2.03 bits per heavy atom. The van der Waals surface area contributed by atoms with Crippen LogP contribution in [0.5, 0.6) is 5.75 Å². The minimum Gasteiger partial charge on any atom is -0.507 e. The number of nitrogens with zero attached hydrogens (tertiary/aromatic N) is 3. The van der Waals surface area contributed by atoms with Crippen molar-refractivity contribution in [3.05, 3.63) is 58.8 Å². The van der Waals surface area contributed by atoms with E-state index >= 15 is 0 Å². The molecule has 1 amide bonds. The number of aromatic nitrogens is 2. The number of aromatic hydroxyl groups is 1. The number of aromatic amines is 1. The highest BCUT2D eigenvalue weighted by molar-refractivity contribution is 6.01. The summed E-state index contributed by atoms with van der Waals surface area (Å²) in [5.41, 5.74) is 4.33. The molecule has 1 saturated heterocycles. The predicted molar refractivity (Wildman–Crippen MR) is 114 cm³/mol. The van der Waals surface area contributed by atoms with Crippen LogP contribution in [-0.4, -0.2) is 64.2 Å². The van der Waals surface area contributed by atoms with Gasteiger partial charge >= 0.3 is 0 Å². The first-order valence-electron chi connectivity index (χ1n) is 10.1. The minimum atomic E-state index is -0.137. The van der Waals surface area contributed by atoms with Crippen molar-refractivity contribution in [3.8, 4) is 5.75 Å². The van der Waals surface area contributed by atoms with Crippen molar-refractivity contribution >= 4 is 16.8 Å². The summed E-state index contributed by atoms with van der Waals surface area (Å²) in [6.07, 6.45) is 2.57. The van der Waals surface area contributed by atoms with Crippen molar-refractivity contribution in [2.75, 3.05) is 27.2 Å². The largest absolute Gasteiger partial charge is 0.507 e. The molecule has 1 fully saturated rings. The lowest BCUT2D eigenvalue weighted by atomic mass is 10.0. The van der Waals surface area contributed by atoms with Gasteiger partial charge in [0, 0.05) is 31.0 Å². The first-order valence-corrected chi connectivity index (χ1v) is 10.1. The molecular weight excluding hydrogens is 364 g/mol. The third kappa shape index (κ3) is 3.98. The van der Waals surface area contributed by atoms with Gasteiger partial charge in [0.15, 0.2) is 0 Å². The summed E-state index contributed by atoms with van der Waals surface area (Å²) in [7, 11) is 3.94. The van der Waals surface area contributed by atoms with Gasteiger partial charge in [-0.05, 0) is 51.5 Å². The quantitative estimate of drug-likeness (QED) is 0.714. The molecule has 4 rings (SSSR count). The average molecular weight is 393 g/mol. The minimum absolute atomic E-state index is 0.00645. The molecule has 6 nitrogen and oxygen atoms in total. The number of phenols is 1. The van der Waals surface area contributed by atoms with Gasteiger partial charge in [0.1, 0.15) is 5.75 Å². The van der Waals surface area contributed by atoms with Crippen LogP contribution in [-0.2, 0) is 6.42 Å². The van der Waals surface area contributed by atoms with Gasteiger partial charge < -0.3 is 14.9 Å². The number of piperidine rings is 1. The smallest absolute Gasteiger partial charge is 0.257 e. The van der Waals surface area contributed by atoms with Crippen LogP contribution in [0.15, 0.2) is 36.4 Å². The Labute approximate surface area is 171 Å². The highest BCUT2D eigenvalue weighted by atomic mass is 16.3. The fourth-order valence-corrected chi connectivity index (χ4v) is 4.17. The zero-order chi connectivity index (χ0) is 20.5. The molecule has 6 heteroatoms. The molecule has 0 unspecified atom stereocenters. The molecule has 1 aliphatic rings. The number of benzene rings is 2. The second-order valence-electron chi connectivity index (χ2n) is 8.20. The topological polar surface area (TPSA) is 72.5 Å². The number of amides is 1. The number of carbonyl (C=O) groups excluding carboxylic acids is 1. The van der Waals surface area contributed by atoms with Crippen LogP contribution in [0.25, 0.3) is 10.9 Å². The van der Waals surface area contributed by atoms with Crippen LogP contribution >= 0.6 is 0 Å². The second-order valence-corrected chi connectivity index (χ2v) is 8.20. The van der Waals surface area contributed by atoms with E-state index in [2.05, 4.69) is 47.3 Å². The maximum Gasteiger partial charge on any atom is 0.257 e. The molecule has 3 aromatic rings. The Balaban J connectivity index is 1.62. The number of rotatable bonds is 4. The van der Waals surface area contributed by atoms with Crippen molar-refractivity contribution in [1.82, 2.24) is 20.0 Å². The first kappa shape index (κ1) is 19.5. The van der Waals surface area contributed by atoms with Gasteiger partial charge in [-0.25, -0.2) is 0 Å². The molecule has 0 saturated carbocycles. The summed E-state index contributed by atoms with van der Waals surface area (Å²) in [5, 5.41) is 18.8. The van der Waals surface area contributed by atoms with Crippen LogP contribution in [0.3, 0.4) is 0 Å². The number of fused-ring (bicyclic) bond motifs is 1. The number of carbonyl (C=O) groups is 1.